The molecule has 0 saturated carbocycles. The summed E-state index contributed by atoms with van der Waals surface area (Å²) >= 11 is 0. The van der Waals surface area contributed by atoms with Crippen LogP contribution in [0.3, 0.4) is 0 Å². The summed E-state index contributed by atoms with van der Waals surface area (Å²) in [6, 6.07) is 0. The molecule has 2 heteroatoms. The van der Waals surface area contributed by atoms with Gasteiger partial charge < -0.3 is 9.47 Å². The lowest BCUT2D eigenvalue weighted by molar-refractivity contribution is -0.195. The normalized spacial score (nSPS) is 36.6. The third-order valence-electron chi connectivity index (χ3n) is 3.69. The molecular formula is C15H22O2. The first kappa shape index (κ1) is 12.6. The van der Waals surface area contributed by atoms with Crippen molar-refractivity contribution in [1.29, 1.82) is 0 Å². The highest BCUT2D eigenvalue weighted by molar-refractivity contribution is 5.26. The Bertz CT molecular complexity index is 324. The van der Waals surface area contributed by atoms with E-state index in [-0.39, 0.29) is 17.8 Å². The lowest BCUT2D eigenvalue weighted by Gasteiger charge is -2.42. The van der Waals surface area contributed by atoms with Gasteiger partial charge in [0.1, 0.15) is 5.60 Å². The number of hydrogen-bond acceptors (Lipinski definition) is 2. The van der Waals surface area contributed by atoms with E-state index in [0.29, 0.717) is 5.92 Å². The molecule has 3 atom stereocenters. The zero-order chi connectivity index (χ0) is 12.3. The summed E-state index contributed by atoms with van der Waals surface area (Å²) in [5.41, 5.74) is -0.300. The number of ether oxygens (including phenoxy) is 2. The van der Waals surface area contributed by atoms with E-state index in [1.165, 1.54) is 0 Å². The molecule has 94 valence electrons. The Labute approximate surface area is 104 Å². The summed E-state index contributed by atoms with van der Waals surface area (Å²) in [7, 11) is 0. The largest absolute Gasteiger partial charge is 0.353 e. The molecule has 0 aromatic rings. The van der Waals surface area contributed by atoms with Gasteiger partial charge >= 0.3 is 0 Å². The highest BCUT2D eigenvalue weighted by Crippen LogP contribution is 2.38. The zero-order valence-corrected chi connectivity index (χ0v) is 10.8. The van der Waals surface area contributed by atoms with Gasteiger partial charge in [-0.05, 0) is 12.3 Å². The minimum atomic E-state index is -0.300. The van der Waals surface area contributed by atoms with Crippen LogP contribution in [0.1, 0.15) is 26.7 Å². The molecule has 2 rings (SSSR count). The van der Waals surface area contributed by atoms with E-state index in [2.05, 4.69) is 44.7 Å². The minimum Gasteiger partial charge on any atom is -0.353 e. The minimum absolute atomic E-state index is 0.0593. The summed E-state index contributed by atoms with van der Waals surface area (Å²) < 4.78 is 11.9. The average Bonchev–Trinajstić information content (AvgIpc) is 2.82. The third kappa shape index (κ3) is 2.38. The molecule has 1 saturated heterocycles. The van der Waals surface area contributed by atoms with Crippen LogP contribution in [-0.4, -0.2) is 18.5 Å². The Morgan fingerprint density at radius 3 is 2.88 bits per heavy atom. The van der Waals surface area contributed by atoms with Crippen molar-refractivity contribution in [2.75, 3.05) is 6.61 Å². The predicted octanol–water partition coefficient (Wildman–Crippen LogP) is 3.46. The molecule has 1 aliphatic heterocycles. The smallest absolute Gasteiger partial charge is 0.158 e. The monoisotopic (exact) mass is 234 g/mol. The van der Waals surface area contributed by atoms with Crippen LogP contribution in [0.2, 0.25) is 0 Å². The maximum absolute atomic E-state index is 6.27. The van der Waals surface area contributed by atoms with Crippen LogP contribution >= 0.6 is 0 Å². The Balaban J connectivity index is 2.21. The summed E-state index contributed by atoms with van der Waals surface area (Å²) in [5, 5.41) is 0. The van der Waals surface area contributed by atoms with Gasteiger partial charge in [0.2, 0.25) is 0 Å². The first-order chi connectivity index (χ1) is 8.19. The molecule has 3 unspecified atom stereocenters. The van der Waals surface area contributed by atoms with E-state index in [9.17, 15) is 0 Å². The molecule has 0 radical (unpaired) electrons. The van der Waals surface area contributed by atoms with Gasteiger partial charge in [0.25, 0.3) is 0 Å². The lowest BCUT2D eigenvalue weighted by atomic mass is 9.75. The van der Waals surface area contributed by atoms with Crippen molar-refractivity contribution in [3.8, 4) is 0 Å². The van der Waals surface area contributed by atoms with E-state index in [1.54, 1.807) is 0 Å². The van der Waals surface area contributed by atoms with Crippen molar-refractivity contribution in [3.63, 3.8) is 0 Å². The van der Waals surface area contributed by atoms with Crippen LogP contribution in [0.4, 0.5) is 0 Å². The van der Waals surface area contributed by atoms with Crippen LogP contribution < -0.4 is 0 Å². The second kappa shape index (κ2) is 5.19. The zero-order valence-electron chi connectivity index (χ0n) is 10.8. The Morgan fingerprint density at radius 1 is 1.47 bits per heavy atom. The van der Waals surface area contributed by atoms with Gasteiger partial charge in [-0.2, -0.15) is 0 Å². The van der Waals surface area contributed by atoms with Gasteiger partial charge in [0.05, 0.1) is 0 Å². The Hall–Kier alpha value is -0.860. The van der Waals surface area contributed by atoms with E-state index in [1.807, 2.05) is 6.08 Å². The fourth-order valence-corrected chi connectivity index (χ4v) is 2.61. The molecule has 0 aromatic carbocycles. The van der Waals surface area contributed by atoms with Crippen molar-refractivity contribution >= 4 is 0 Å². The molecule has 0 amide bonds. The fourth-order valence-electron chi connectivity index (χ4n) is 2.61. The van der Waals surface area contributed by atoms with Crippen molar-refractivity contribution in [2.45, 2.75) is 38.6 Å². The fraction of sp³-hybridized carbons (Fsp3) is 0.600. The molecule has 2 aliphatic rings. The number of hydrogen-bond donors (Lipinski definition) is 0. The first-order valence-electron chi connectivity index (χ1n) is 6.47. The second-order valence-corrected chi connectivity index (χ2v) is 5.07. The van der Waals surface area contributed by atoms with Gasteiger partial charge in [-0.25, -0.2) is 0 Å². The molecule has 1 aliphatic carbocycles. The highest BCUT2D eigenvalue weighted by Gasteiger charge is 2.41. The van der Waals surface area contributed by atoms with Crippen LogP contribution in [0.25, 0.3) is 0 Å². The van der Waals surface area contributed by atoms with E-state index in [0.717, 1.165) is 19.4 Å². The van der Waals surface area contributed by atoms with Crippen molar-refractivity contribution in [1.82, 2.24) is 0 Å². The van der Waals surface area contributed by atoms with Gasteiger partial charge in [0, 0.05) is 18.9 Å². The standard InChI is InChI=1S/C15H22O2/c1-4-13-8-5-6-10-15(13,12(2)3)17-14-9-7-11-16-14/h4-6,8,10,12-14H,1,7,9,11H2,2-3H3. The summed E-state index contributed by atoms with van der Waals surface area (Å²) in [6.45, 7) is 9.13. The summed E-state index contributed by atoms with van der Waals surface area (Å²) in [6.07, 6.45) is 12.4. The van der Waals surface area contributed by atoms with Gasteiger partial charge in [0.15, 0.2) is 6.29 Å². The maximum Gasteiger partial charge on any atom is 0.158 e. The SMILES string of the molecule is C=CC1C=CC=CC1(OC1CCCO1)C(C)C. The number of allylic oxidation sites excluding steroid dienone is 2. The van der Waals surface area contributed by atoms with E-state index >= 15 is 0 Å². The third-order valence-corrected chi connectivity index (χ3v) is 3.69. The topological polar surface area (TPSA) is 18.5 Å². The molecule has 1 fully saturated rings. The van der Waals surface area contributed by atoms with Crippen molar-refractivity contribution in [2.24, 2.45) is 11.8 Å². The molecule has 0 N–H and O–H groups in total. The summed E-state index contributed by atoms with van der Waals surface area (Å²) in [4.78, 5) is 0. The second-order valence-electron chi connectivity index (χ2n) is 5.07. The Morgan fingerprint density at radius 2 is 2.29 bits per heavy atom. The maximum atomic E-state index is 6.27. The molecule has 17 heavy (non-hydrogen) atoms. The van der Waals surface area contributed by atoms with Crippen molar-refractivity contribution in [3.05, 3.63) is 37.0 Å². The molecule has 0 aromatic heterocycles. The van der Waals surface area contributed by atoms with Crippen LogP contribution in [0.5, 0.6) is 0 Å². The van der Waals surface area contributed by atoms with Crippen LogP contribution in [0, 0.1) is 11.8 Å². The van der Waals surface area contributed by atoms with Crippen LogP contribution in [0.15, 0.2) is 37.0 Å². The molecule has 2 nitrogen and oxygen atoms in total. The molecule has 1 heterocycles. The van der Waals surface area contributed by atoms with Crippen molar-refractivity contribution < 1.29 is 9.47 Å². The first-order valence-corrected chi connectivity index (χ1v) is 6.47. The molecular weight excluding hydrogens is 212 g/mol. The van der Waals surface area contributed by atoms with Gasteiger partial charge in [-0.1, -0.05) is 44.2 Å². The Kier molecular flexibility index (Phi) is 3.85. The molecule has 0 bridgehead atoms. The van der Waals surface area contributed by atoms with E-state index in [4.69, 9.17) is 9.47 Å². The van der Waals surface area contributed by atoms with Gasteiger partial charge in [-0.3, -0.25) is 0 Å². The lowest BCUT2D eigenvalue weighted by Crippen LogP contribution is -2.46. The molecule has 0 spiro atoms. The number of rotatable bonds is 4. The average molecular weight is 234 g/mol. The predicted molar refractivity (Wildman–Crippen MR) is 69.6 cm³/mol. The quantitative estimate of drug-likeness (QED) is 0.693. The van der Waals surface area contributed by atoms with E-state index < -0.39 is 0 Å². The summed E-state index contributed by atoms with van der Waals surface area (Å²) in [5.74, 6) is 0.604. The van der Waals surface area contributed by atoms with Crippen LogP contribution in [-0.2, 0) is 9.47 Å². The highest BCUT2D eigenvalue weighted by atomic mass is 16.7. The van der Waals surface area contributed by atoms with Gasteiger partial charge in [-0.15, -0.1) is 6.58 Å².